The molecule has 4 nitrogen and oxygen atoms in total. The highest BCUT2D eigenvalue weighted by Gasteiger charge is 2.20. The lowest BCUT2D eigenvalue weighted by molar-refractivity contribution is 0.686. The number of nitrogens with zero attached hydrogens (tertiary/aromatic N) is 3. The molecular formula is C16H19ClN4. The molecule has 2 heterocycles. The number of rotatable bonds is 6. The molecule has 0 bridgehead atoms. The second kappa shape index (κ2) is 6.41. The normalized spacial score (nSPS) is 14.2. The Kier molecular flexibility index (Phi) is 4.36. The van der Waals surface area contributed by atoms with Gasteiger partial charge in [0, 0.05) is 32.0 Å². The Morgan fingerprint density at radius 1 is 1.33 bits per heavy atom. The average molecular weight is 303 g/mol. The highest BCUT2D eigenvalue weighted by atomic mass is 35.5. The minimum absolute atomic E-state index is 0.670. The van der Waals surface area contributed by atoms with Gasteiger partial charge in [-0.2, -0.15) is 0 Å². The maximum Gasteiger partial charge on any atom is 0.128 e. The first kappa shape index (κ1) is 14.3. The van der Waals surface area contributed by atoms with Crippen molar-refractivity contribution in [2.75, 3.05) is 11.9 Å². The zero-order valence-corrected chi connectivity index (χ0v) is 12.8. The fourth-order valence-electron chi connectivity index (χ4n) is 2.17. The van der Waals surface area contributed by atoms with Gasteiger partial charge in [-0.1, -0.05) is 17.7 Å². The molecule has 5 heteroatoms. The third-order valence-corrected chi connectivity index (χ3v) is 3.94. The van der Waals surface area contributed by atoms with Crippen LogP contribution in [0.1, 0.15) is 24.1 Å². The number of hydrogen-bond donors (Lipinski definition) is 1. The van der Waals surface area contributed by atoms with E-state index in [0.717, 1.165) is 35.2 Å². The molecule has 3 rings (SSSR count). The third kappa shape index (κ3) is 3.93. The summed E-state index contributed by atoms with van der Waals surface area (Å²) in [4.78, 5) is 10.8. The van der Waals surface area contributed by atoms with Gasteiger partial charge < -0.3 is 10.2 Å². The molecule has 0 spiro atoms. The Balaban J connectivity index is 1.69. The number of anilines is 1. The van der Waals surface area contributed by atoms with Crippen LogP contribution in [-0.2, 0) is 13.1 Å². The monoisotopic (exact) mass is 302 g/mol. The van der Waals surface area contributed by atoms with Gasteiger partial charge in [-0.25, -0.2) is 4.98 Å². The van der Waals surface area contributed by atoms with Gasteiger partial charge >= 0.3 is 0 Å². The summed E-state index contributed by atoms with van der Waals surface area (Å²) in [6.45, 7) is 1.53. The molecule has 2 aromatic heterocycles. The Hall–Kier alpha value is -1.65. The highest BCUT2D eigenvalue weighted by molar-refractivity contribution is 6.31. The molecule has 110 valence electrons. The predicted octanol–water partition coefficient (Wildman–Crippen LogP) is 3.02. The quantitative estimate of drug-likeness (QED) is 0.890. The van der Waals surface area contributed by atoms with Crippen molar-refractivity contribution in [2.45, 2.75) is 32.0 Å². The number of hydrogen-bond acceptors (Lipinski definition) is 4. The van der Waals surface area contributed by atoms with Crippen LogP contribution in [-0.4, -0.2) is 23.1 Å². The largest absolute Gasteiger partial charge is 0.354 e. The molecular weight excluding hydrogens is 284 g/mol. The number of halogens is 1. The van der Waals surface area contributed by atoms with Crippen molar-refractivity contribution in [1.82, 2.24) is 15.3 Å². The lowest BCUT2D eigenvalue weighted by Crippen LogP contribution is -2.20. The molecule has 2 aromatic rings. The minimum Gasteiger partial charge on any atom is -0.354 e. The van der Waals surface area contributed by atoms with Crippen molar-refractivity contribution in [2.24, 2.45) is 0 Å². The van der Waals surface area contributed by atoms with Gasteiger partial charge in [0.1, 0.15) is 5.82 Å². The molecule has 0 unspecified atom stereocenters. The smallest absolute Gasteiger partial charge is 0.128 e. The van der Waals surface area contributed by atoms with Crippen LogP contribution in [0.15, 0.2) is 36.7 Å². The average Bonchev–Trinajstić information content (AvgIpc) is 3.31. The van der Waals surface area contributed by atoms with E-state index in [1.807, 2.05) is 31.4 Å². The Bertz CT molecular complexity index is 598. The maximum absolute atomic E-state index is 6.23. The molecule has 1 fully saturated rings. The Morgan fingerprint density at radius 2 is 2.19 bits per heavy atom. The molecule has 1 N–H and O–H groups in total. The van der Waals surface area contributed by atoms with E-state index >= 15 is 0 Å². The fraction of sp³-hybridized carbons (Fsp3) is 0.375. The maximum atomic E-state index is 6.23. The van der Waals surface area contributed by atoms with E-state index in [1.165, 1.54) is 12.8 Å². The molecule has 1 saturated carbocycles. The van der Waals surface area contributed by atoms with Crippen molar-refractivity contribution < 1.29 is 0 Å². The summed E-state index contributed by atoms with van der Waals surface area (Å²) in [5.74, 6) is 0.914. The number of aromatic nitrogens is 2. The molecule has 0 saturated heterocycles. The summed E-state index contributed by atoms with van der Waals surface area (Å²) in [7, 11) is 2.02. The topological polar surface area (TPSA) is 41.1 Å². The lowest BCUT2D eigenvalue weighted by atomic mass is 10.2. The highest BCUT2D eigenvalue weighted by Crippen LogP contribution is 2.23. The first-order valence-corrected chi connectivity index (χ1v) is 7.59. The van der Waals surface area contributed by atoms with E-state index in [1.54, 1.807) is 6.20 Å². The van der Waals surface area contributed by atoms with Gasteiger partial charge in [0.25, 0.3) is 0 Å². The van der Waals surface area contributed by atoms with Crippen molar-refractivity contribution in [3.05, 3.63) is 52.9 Å². The van der Waals surface area contributed by atoms with E-state index < -0.39 is 0 Å². The van der Waals surface area contributed by atoms with Gasteiger partial charge in [0.05, 0.1) is 17.3 Å². The first-order chi connectivity index (χ1) is 10.2. The summed E-state index contributed by atoms with van der Waals surface area (Å²) in [5, 5.41) is 4.21. The summed E-state index contributed by atoms with van der Waals surface area (Å²) in [5.41, 5.74) is 2.12. The minimum atomic E-state index is 0.670. The van der Waals surface area contributed by atoms with Crippen LogP contribution in [0.4, 0.5) is 5.82 Å². The standard InChI is InChI=1S/C16H19ClN4/c1-21(11-14-4-2-3-7-18-14)16-8-12(15(17)10-20-16)9-19-13-5-6-13/h2-4,7-8,10,13,19H,5-6,9,11H2,1H3. The van der Waals surface area contributed by atoms with E-state index in [9.17, 15) is 0 Å². The molecule has 0 atom stereocenters. The van der Waals surface area contributed by atoms with Crippen LogP contribution < -0.4 is 10.2 Å². The third-order valence-electron chi connectivity index (χ3n) is 3.60. The zero-order chi connectivity index (χ0) is 14.7. The Labute approximate surface area is 130 Å². The summed E-state index contributed by atoms with van der Waals surface area (Å²) < 4.78 is 0. The number of nitrogens with one attached hydrogen (secondary N) is 1. The zero-order valence-electron chi connectivity index (χ0n) is 12.1. The van der Waals surface area contributed by atoms with Crippen molar-refractivity contribution in [3.63, 3.8) is 0 Å². The van der Waals surface area contributed by atoms with Crippen LogP contribution in [0, 0.1) is 0 Å². The van der Waals surface area contributed by atoms with E-state index in [-0.39, 0.29) is 0 Å². The molecule has 21 heavy (non-hydrogen) atoms. The van der Waals surface area contributed by atoms with Gasteiger partial charge in [-0.15, -0.1) is 0 Å². The van der Waals surface area contributed by atoms with Gasteiger partial charge in [-0.05, 0) is 36.6 Å². The van der Waals surface area contributed by atoms with Crippen molar-refractivity contribution >= 4 is 17.4 Å². The molecule has 1 aliphatic rings. The van der Waals surface area contributed by atoms with E-state index in [0.29, 0.717) is 6.04 Å². The molecule has 0 amide bonds. The van der Waals surface area contributed by atoms with E-state index in [2.05, 4.69) is 26.3 Å². The molecule has 1 aliphatic carbocycles. The summed E-state index contributed by atoms with van der Waals surface area (Å²) in [6.07, 6.45) is 6.09. The van der Waals surface area contributed by atoms with Gasteiger partial charge in [-0.3, -0.25) is 4.98 Å². The lowest BCUT2D eigenvalue weighted by Gasteiger charge is -2.19. The second-order valence-electron chi connectivity index (χ2n) is 5.47. The van der Waals surface area contributed by atoms with Crippen LogP contribution in [0.3, 0.4) is 0 Å². The number of pyridine rings is 2. The molecule has 0 aromatic carbocycles. The van der Waals surface area contributed by atoms with Crippen LogP contribution in [0.5, 0.6) is 0 Å². The van der Waals surface area contributed by atoms with Crippen LogP contribution >= 0.6 is 11.6 Å². The van der Waals surface area contributed by atoms with Crippen LogP contribution in [0.25, 0.3) is 0 Å². The van der Waals surface area contributed by atoms with Crippen molar-refractivity contribution in [3.8, 4) is 0 Å². The molecule has 0 radical (unpaired) electrons. The Morgan fingerprint density at radius 3 is 2.90 bits per heavy atom. The van der Waals surface area contributed by atoms with Gasteiger partial charge in [0.2, 0.25) is 0 Å². The summed E-state index contributed by atoms with van der Waals surface area (Å²) >= 11 is 6.23. The van der Waals surface area contributed by atoms with Crippen LogP contribution in [0.2, 0.25) is 5.02 Å². The SMILES string of the molecule is CN(Cc1ccccn1)c1cc(CNC2CC2)c(Cl)cn1. The van der Waals surface area contributed by atoms with E-state index in [4.69, 9.17) is 11.6 Å². The predicted molar refractivity (Wildman–Crippen MR) is 85.5 cm³/mol. The summed E-state index contributed by atoms with van der Waals surface area (Å²) in [6, 6.07) is 8.66. The molecule has 0 aliphatic heterocycles. The fourth-order valence-corrected chi connectivity index (χ4v) is 2.34. The van der Waals surface area contributed by atoms with Crippen molar-refractivity contribution in [1.29, 1.82) is 0 Å². The second-order valence-corrected chi connectivity index (χ2v) is 5.87. The van der Waals surface area contributed by atoms with Gasteiger partial charge in [0.15, 0.2) is 0 Å². The first-order valence-electron chi connectivity index (χ1n) is 7.21.